The summed E-state index contributed by atoms with van der Waals surface area (Å²) >= 11 is 0. The Morgan fingerprint density at radius 1 is 1.56 bits per heavy atom. The molecule has 0 radical (unpaired) electrons. The predicted octanol–water partition coefficient (Wildman–Crippen LogP) is 1.09. The van der Waals surface area contributed by atoms with Gasteiger partial charge in [0.1, 0.15) is 5.69 Å². The normalized spacial score (nSPS) is 12.5. The second-order valence-corrected chi connectivity index (χ2v) is 4.40. The average Bonchev–Trinajstić information content (AvgIpc) is 2.70. The van der Waals surface area contributed by atoms with Gasteiger partial charge in [-0.1, -0.05) is 0 Å². The Kier molecular flexibility index (Phi) is 4.43. The minimum absolute atomic E-state index is 0.0639. The molecule has 1 aromatic rings. The number of hydrogen-bond acceptors (Lipinski definition) is 4. The third kappa shape index (κ3) is 3.30. The highest BCUT2D eigenvalue weighted by Gasteiger charge is 2.20. The van der Waals surface area contributed by atoms with Gasteiger partial charge in [-0.3, -0.25) is 14.9 Å². The first-order valence-electron chi connectivity index (χ1n) is 5.65. The van der Waals surface area contributed by atoms with Crippen molar-refractivity contribution in [2.75, 3.05) is 6.54 Å². The maximum atomic E-state index is 11.8. The molecule has 0 aromatic carbocycles. The molecule has 1 heterocycles. The molecule has 0 aliphatic rings. The highest BCUT2D eigenvalue weighted by atomic mass is 16.6. The maximum absolute atomic E-state index is 11.8. The number of aliphatic hydroxyl groups excluding tert-OH is 1. The van der Waals surface area contributed by atoms with Crippen molar-refractivity contribution in [3.05, 3.63) is 28.1 Å². The Morgan fingerprint density at radius 3 is 2.61 bits per heavy atom. The molecule has 1 atom stereocenters. The van der Waals surface area contributed by atoms with Crippen LogP contribution in [0.1, 0.15) is 37.3 Å². The maximum Gasteiger partial charge on any atom is 0.287 e. The number of hydrogen-bond donors (Lipinski definition) is 2. The predicted molar refractivity (Wildman–Crippen MR) is 65.5 cm³/mol. The number of amides is 1. The van der Waals surface area contributed by atoms with E-state index in [1.54, 1.807) is 6.92 Å². The van der Waals surface area contributed by atoms with E-state index in [-0.39, 0.29) is 24.0 Å². The van der Waals surface area contributed by atoms with Gasteiger partial charge in [-0.2, -0.15) is 0 Å². The molecule has 100 valence electrons. The summed E-state index contributed by atoms with van der Waals surface area (Å²) < 4.78 is 1.54. The van der Waals surface area contributed by atoms with Gasteiger partial charge in [0.05, 0.1) is 17.2 Å². The fraction of sp³-hybridized carbons (Fsp3) is 0.545. The molecule has 1 rings (SSSR count). The van der Waals surface area contributed by atoms with Gasteiger partial charge in [-0.25, -0.2) is 0 Å². The first kappa shape index (κ1) is 14.2. The SMILES string of the molecule is CC(C)n1cc([N+](=O)[O-])cc1C(=O)NC[C@@H](C)O. The Balaban J connectivity index is 2.98. The lowest BCUT2D eigenvalue weighted by Gasteiger charge is -2.12. The van der Waals surface area contributed by atoms with Crippen LogP contribution in [0.15, 0.2) is 12.3 Å². The largest absolute Gasteiger partial charge is 0.392 e. The lowest BCUT2D eigenvalue weighted by atomic mass is 10.3. The Morgan fingerprint density at radius 2 is 2.17 bits per heavy atom. The zero-order valence-corrected chi connectivity index (χ0v) is 10.6. The zero-order chi connectivity index (χ0) is 13.9. The second-order valence-electron chi connectivity index (χ2n) is 4.40. The van der Waals surface area contributed by atoms with Crippen molar-refractivity contribution in [2.24, 2.45) is 0 Å². The summed E-state index contributed by atoms with van der Waals surface area (Å²) in [5, 5.41) is 22.3. The third-order valence-corrected chi connectivity index (χ3v) is 2.39. The fourth-order valence-corrected chi connectivity index (χ4v) is 1.50. The molecule has 0 fully saturated rings. The molecule has 0 saturated carbocycles. The summed E-state index contributed by atoms with van der Waals surface area (Å²) in [6.45, 7) is 5.31. The van der Waals surface area contributed by atoms with E-state index in [4.69, 9.17) is 5.11 Å². The second kappa shape index (κ2) is 5.63. The lowest BCUT2D eigenvalue weighted by Crippen LogP contribution is -2.32. The molecule has 2 N–H and O–H groups in total. The topological polar surface area (TPSA) is 97.4 Å². The van der Waals surface area contributed by atoms with Crippen LogP contribution < -0.4 is 5.32 Å². The molecular formula is C11H17N3O4. The molecule has 7 heteroatoms. The summed E-state index contributed by atoms with van der Waals surface area (Å²) in [5.41, 5.74) is 0.100. The lowest BCUT2D eigenvalue weighted by molar-refractivity contribution is -0.384. The highest BCUT2D eigenvalue weighted by Crippen LogP contribution is 2.20. The van der Waals surface area contributed by atoms with Crippen LogP contribution >= 0.6 is 0 Å². The van der Waals surface area contributed by atoms with Crippen LogP contribution in [0.3, 0.4) is 0 Å². The van der Waals surface area contributed by atoms with Crippen LogP contribution in [-0.4, -0.2) is 33.2 Å². The minimum atomic E-state index is -0.661. The minimum Gasteiger partial charge on any atom is -0.392 e. The number of aliphatic hydroxyl groups is 1. The molecule has 1 aromatic heterocycles. The van der Waals surface area contributed by atoms with Crippen molar-refractivity contribution in [3.8, 4) is 0 Å². The number of carbonyl (C=O) groups excluding carboxylic acids is 1. The summed E-state index contributed by atoms with van der Waals surface area (Å²) in [5.74, 6) is -0.433. The first-order chi connectivity index (χ1) is 8.32. The smallest absolute Gasteiger partial charge is 0.287 e. The number of nitrogens with zero attached hydrogens (tertiary/aromatic N) is 2. The van der Waals surface area contributed by atoms with Crippen LogP contribution in [-0.2, 0) is 0 Å². The number of nitro groups is 1. The molecule has 0 spiro atoms. The Bertz CT molecular complexity index is 451. The number of rotatable bonds is 5. The molecule has 1 amide bonds. The van der Waals surface area contributed by atoms with E-state index in [9.17, 15) is 14.9 Å². The van der Waals surface area contributed by atoms with Gasteiger partial charge in [-0.15, -0.1) is 0 Å². The molecular weight excluding hydrogens is 238 g/mol. The van der Waals surface area contributed by atoms with Crippen molar-refractivity contribution in [2.45, 2.75) is 32.9 Å². The van der Waals surface area contributed by atoms with Gasteiger partial charge in [0.2, 0.25) is 0 Å². The molecule has 0 unspecified atom stereocenters. The summed E-state index contributed by atoms with van der Waals surface area (Å²) in [4.78, 5) is 22.0. The van der Waals surface area contributed by atoms with Gasteiger partial charge in [0, 0.05) is 18.7 Å². The van der Waals surface area contributed by atoms with Crippen molar-refractivity contribution < 1.29 is 14.8 Å². The number of nitrogens with one attached hydrogen (secondary N) is 1. The van der Waals surface area contributed by atoms with E-state index in [1.165, 1.54) is 16.8 Å². The van der Waals surface area contributed by atoms with Gasteiger partial charge in [0.15, 0.2) is 0 Å². The summed E-state index contributed by atoms with van der Waals surface area (Å²) in [6.07, 6.45) is 0.675. The van der Waals surface area contributed by atoms with Gasteiger partial charge in [-0.05, 0) is 20.8 Å². The van der Waals surface area contributed by atoms with E-state index >= 15 is 0 Å². The van der Waals surface area contributed by atoms with E-state index in [1.807, 2.05) is 13.8 Å². The quantitative estimate of drug-likeness (QED) is 0.607. The number of aromatic nitrogens is 1. The highest BCUT2D eigenvalue weighted by molar-refractivity contribution is 5.93. The van der Waals surface area contributed by atoms with Crippen LogP contribution in [0.2, 0.25) is 0 Å². The van der Waals surface area contributed by atoms with Crippen molar-refractivity contribution in [1.82, 2.24) is 9.88 Å². The van der Waals surface area contributed by atoms with Crippen molar-refractivity contribution in [1.29, 1.82) is 0 Å². The van der Waals surface area contributed by atoms with E-state index in [0.29, 0.717) is 0 Å². The van der Waals surface area contributed by atoms with Gasteiger partial charge < -0.3 is 15.0 Å². The molecule has 0 aliphatic heterocycles. The van der Waals surface area contributed by atoms with Gasteiger partial charge >= 0.3 is 0 Å². The third-order valence-electron chi connectivity index (χ3n) is 2.39. The molecule has 0 saturated heterocycles. The Hall–Kier alpha value is -1.89. The van der Waals surface area contributed by atoms with Crippen molar-refractivity contribution >= 4 is 11.6 Å². The van der Waals surface area contributed by atoms with Crippen LogP contribution in [0.5, 0.6) is 0 Å². The van der Waals surface area contributed by atoms with Crippen molar-refractivity contribution in [3.63, 3.8) is 0 Å². The number of carbonyl (C=O) groups is 1. The average molecular weight is 255 g/mol. The molecule has 0 bridgehead atoms. The first-order valence-corrected chi connectivity index (χ1v) is 5.65. The molecule has 0 aliphatic carbocycles. The molecule has 18 heavy (non-hydrogen) atoms. The zero-order valence-electron chi connectivity index (χ0n) is 10.6. The van der Waals surface area contributed by atoms with Crippen LogP contribution in [0.4, 0.5) is 5.69 Å². The standard InChI is InChI=1S/C11H17N3O4/c1-7(2)13-6-9(14(17)18)4-10(13)11(16)12-5-8(3)15/h4,6-8,15H,5H2,1-3H3,(H,12,16)/t8-/m1/s1. The fourth-order valence-electron chi connectivity index (χ4n) is 1.50. The van der Waals surface area contributed by atoms with Gasteiger partial charge in [0.25, 0.3) is 11.6 Å². The van der Waals surface area contributed by atoms with E-state index in [2.05, 4.69) is 5.32 Å². The van der Waals surface area contributed by atoms with Crippen LogP contribution in [0, 0.1) is 10.1 Å². The Labute approximate surface area is 105 Å². The monoisotopic (exact) mass is 255 g/mol. The van der Waals surface area contributed by atoms with E-state index < -0.39 is 16.9 Å². The van der Waals surface area contributed by atoms with E-state index in [0.717, 1.165) is 0 Å². The summed E-state index contributed by atoms with van der Waals surface area (Å²) in [6, 6.07) is 1.17. The summed E-state index contributed by atoms with van der Waals surface area (Å²) in [7, 11) is 0. The van der Waals surface area contributed by atoms with Crippen LogP contribution in [0.25, 0.3) is 0 Å². The molecule has 7 nitrogen and oxygen atoms in total.